The summed E-state index contributed by atoms with van der Waals surface area (Å²) in [6.07, 6.45) is 0. The van der Waals surface area contributed by atoms with Crippen LogP contribution >= 0.6 is 0 Å². The van der Waals surface area contributed by atoms with Crippen molar-refractivity contribution in [2.75, 3.05) is 13.1 Å². The highest BCUT2D eigenvalue weighted by atomic mass is 16.4. The van der Waals surface area contributed by atoms with Gasteiger partial charge in [-0.05, 0) is 43.0 Å². The molecule has 0 heterocycles. The zero-order chi connectivity index (χ0) is 13.9. The van der Waals surface area contributed by atoms with Crippen molar-refractivity contribution in [1.82, 2.24) is 5.32 Å². The van der Waals surface area contributed by atoms with Crippen molar-refractivity contribution in [3.05, 3.63) is 34.4 Å². The van der Waals surface area contributed by atoms with E-state index in [1.165, 1.54) is 22.3 Å². The molecule has 0 aromatic heterocycles. The Morgan fingerprint density at radius 2 is 1.72 bits per heavy atom. The van der Waals surface area contributed by atoms with E-state index in [0.29, 0.717) is 6.54 Å². The first-order chi connectivity index (χ1) is 8.24. The smallest absolute Gasteiger partial charge is 0.317 e. The molecule has 0 bridgehead atoms. The van der Waals surface area contributed by atoms with E-state index < -0.39 is 5.97 Å². The number of hydrogen-bond donors (Lipinski definition) is 2. The molecule has 0 aliphatic rings. The molecular formula is C15H23NO2. The van der Waals surface area contributed by atoms with Gasteiger partial charge in [0.25, 0.3) is 0 Å². The number of aliphatic carboxylic acids is 1. The van der Waals surface area contributed by atoms with E-state index in [9.17, 15) is 4.79 Å². The number of carboxylic acid groups (broad SMARTS) is 1. The Hall–Kier alpha value is -1.35. The number of carbonyl (C=O) groups is 1. The normalized spacial score (nSPS) is 11.6. The lowest BCUT2D eigenvalue weighted by Gasteiger charge is -2.28. The maximum atomic E-state index is 10.5. The highest BCUT2D eigenvalue weighted by Crippen LogP contribution is 2.28. The molecule has 1 aromatic carbocycles. The standard InChI is InChI=1S/C15H23NO2/c1-10-6-12(3)13(7-11(10)2)15(4,5)9-16-8-14(17)18/h6-7,16H,8-9H2,1-5H3,(H,17,18). The summed E-state index contributed by atoms with van der Waals surface area (Å²) in [6, 6.07) is 4.41. The van der Waals surface area contributed by atoms with Crippen molar-refractivity contribution >= 4 is 5.97 Å². The second-order valence-corrected chi connectivity index (χ2v) is 5.63. The number of nitrogens with one attached hydrogen (secondary N) is 1. The molecule has 0 aliphatic heterocycles. The fourth-order valence-corrected chi connectivity index (χ4v) is 2.27. The van der Waals surface area contributed by atoms with Crippen LogP contribution in [0.25, 0.3) is 0 Å². The Morgan fingerprint density at radius 3 is 2.28 bits per heavy atom. The van der Waals surface area contributed by atoms with E-state index >= 15 is 0 Å². The van der Waals surface area contributed by atoms with Gasteiger partial charge < -0.3 is 10.4 Å². The van der Waals surface area contributed by atoms with Crippen molar-refractivity contribution in [3.63, 3.8) is 0 Å². The summed E-state index contributed by atoms with van der Waals surface area (Å²) in [6.45, 7) is 11.3. The number of aryl methyl sites for hydroxylation is 3. The number of hydrogen-bond acceptors (Lipinski definition) is 2. The van der Waals surface area contributed by atoms with Gasteiger partial charge in [-0.3, -0.25) is 4.79 Å². The molecule has 0 radical (unpaired) electrons. The SMILES string of the molecule is Cc1cc(C)c(C(C)(C)CNCC(=O)O)cc1C. The van der Waals surface area contributed by atoms with Crippen molar-refractivity contribution in [3.8, 4) is 0 Å². The summed E-state index contributed by atoms with van der Waals surface area (Å²) in [5, 5.41) is 11.6. The van der Waals surface area contributed by atoms with Gasteiger partial charge in [-0.2, -0.15) is 0 Å². The van der Waals surface area contributed by atoms with E-state index in [-0.39, 0.29) is 12.0 Å². The van der Waals surface area contributed by atoms with E-state index in [4.69, 9.17) is 5.11 Å². The Bertz CT molecular complexity index is 450. The fourth-order valence-electron chi connectivity index (χ4n) is 2.27. The predicted molar refractivity (Wildman–Crippen MR) is 74.2 cm³/mol. The minimum atomic E-state index is -0.817. The summed E-state index contributed by atoms with van der Waals surface area (Å²) in [4.78, 5) is 10.5. The third-order valence-corrected chi connectivity index (χ3v) is 3.41. The van der Waals surface area contributed by atoms with Crippen LogP contribution in [0.5, 0.6) is 0 Å². The lowest BCUT2D eigenvalue weighted by Crippen LogP contribution is -2.36. The maximum absolute atomic E-state index is 10.5. The predicted octanol–water partition coefficient (Wildman–Crippen LogP) is 2.56. The van der Waals surface area contributed by atoms with Crippen LogP contribution in [0.15, 0.2) is 12.1 Å². The molecule has 1 rings (SSSR count). The van der Waals surface area contributed by atoms with Gasteiger partial charge in [0.15, 0.2) is 0 Å². The van der Waals surface area contributed by atoms with Crippen LogP contribution in [0.4, 0.5) is 0 Å². The van der Waals surface area contributed by atoms with Gasteiger partial charge in [0, 0.05) is 12.0 Å². The van der Waals surface area contributed by atoms with Gasteiger partial charge in [-0.15, -0.1) is 0 Å². The second-order valence-electron chi connectivity index (χ2n) is 5.63. The zero-order valence-corrected chi connectivity index (χ0v) is 11.9. The first-order valence-electron chi connectivity index (χ1n) is 6.25. The van der Waals surface area contributed by atoms with E-state index in [1.807, 2.05) is 0 Å². The van der Waals surface area contributed by atoms with E-state index in [2.05, 4.69) is 52.1 Å². The van der Waals surface area contributed by atoms with Crippen molar-refractivity contribution in [2.45, 2.75) is 40.0 Å². The van der Waals surface area contributed by atoms with E-state index in [0.717, 1.165) is 0 Å². The quantitative estimate of drug-likeness (QED) is 0.843. The molecular weight excluding hydrogens is 226 g/mol. The molecule has 2 N–H and O–H groups in total. The minimum Gasteiger partial charge on any atom is -0.480 e. The monoisotopic (exact) mass is 249 g/mol. The molecule has 0 aliphatic carbocycles. The summed E-state index contributed by atoms with van der Waals surface area (Å²) in [7, 11) is 0. The fraction of sp³-hybridized carbons (Fsp3) is 0.533. The third kappa shape index (κ3) is 3.57. The molecule has 0 saturated carbocycles. The largest absolute Gasteiger partial charge is 0.480 e. The zero-order valence-electron chi connectivity index (χ0n) is 11.9. The van der Waals surface area contributed by atoms with Crippen LogP contribution in [0.1, 0.15) is 36.1 Å². The van der Waals surface area contributed by atoms with Gasteiger partial charge in [0.05, 0.1) is 6.54 Å². The number of rotatable bonds is 5. The second kappa shape index (κ2) is 5.53. The first-order valence-corrected chi connectivity index (χ1v) is 6.25. The molecule has 0 spiro atoms. The molecule has 0 fully saturated rings. The van der Waals surface area contributed by atoms with Gasteiger partial charge in [0.2, 0.25) is 0 Å². The lowest BCUT2D eigenvalue weighted by atomic mass is 9.80. The van der Waals surface area contributed by atoms with Crippen molar-refractivity contribution in [2.24, 2.45) is 0 Å². The summed E-state index contributed by atoms with van der Waals surface area (Å²) in [5.74, 6) is -0.817. The minimum absolute atomic E-state index is 0.00726. The topological polar surface area (TPSA) is 49.3 Å². The maximum Gasteiger partial charge on any atom is 0.317 e. The summed E-state index contributed by atoms with van der Waals surface area (Å²) in [5.41, 5.74) is 5.05. The van der Waals surface area contributed by atoms with Gasteiger partial charge in [0.1, 0.15) is 0 Å². The average molecular weight is 249 g/mol. The van der Waals surface area contributed by atoms with Gasteiger partial charge in [-0.25, -0.2) is 0 Å². The third-order valence-electron chi connectivity index (χ3n) is 3.41. The number of benzene rings is 1. The lowest BCUT2D eigenvalue weighted by molar-refractivity contribution is -0.136. The molecule has 0 atom stereocenters. The van der Waals surface area contributed by atoms with Crippen molar-refractivity contribution < 1.29 is 9.90 Å². The Labute approximate surface area is 109 Å². The van der Waals surface area contributed by atoms with Gasteiger partial charge >= 0.3 is 5.97 Å². The first kappa shape index (κ1) is 14.7. The molecule has 3 nitrogen and oxygen atoms in total. The Kier molecular flexibility index (Phi) is 4.52. The van der Waals surface area contributed by atoms with E-state index in [1.54, 1.807) is 0 Å². The van der Waals surface area contributed by atoms with Crippen LogP contribution in [0.3, 0.4) is 0 Å². The average Bonchev–Trinajstić information content (AvgIpc) is 2.22. The van der Waals surface area contributed by atoms with Crippen LogP contribution in [-0.4, -0.2) is 24.2 Å². The Balaban J connectivity index is 2.90. The molecule has 0 unspecified atom stereocenters. The molecule has 0 saturated heterocycles. The van der Waals surface area contributed by atoms with Crippen LogP contribution in [0.2, 0.25) is 0 Å². The molecule has 18 heavy (non-hydrogen) atoms. The van der Waals surface area contributed by atoms with Crippen LogP contribution < -0.4 is 5.32 Å². The number of carboxylic acids is 1. The van der Waals surface area contributed by atoms with Crippen LogP contribution in [0, 0.1) is 20.8 Å². The van der Waals surface area contributed by atoms with Crippen molar-refractivity contribution in [1.29, 1.82) is 0 Å². The summed E-state index contributed by atoms with van der Waals surface area (Å²) >= 11 is 0. The highest BCUT2D eigenvalue weighted by Gasteiger charge is 2.23. The highest BCUT2D eigenvalue weighted by molar-refractivity contribution is 5.69. The van der Waals surface area contributed by atoms with Crippen LogP contribution in [-0.2, 0) is 10.2 Å². The van der Waals surface area contributed by atoms with Gasteiger partial charge in [-0.1, -0.05) is 26.0 Å². The Morgan fingerprint density at radius 1 is 1.17 bits per heavy atom. The summed E-state index contributed by atoms with van der Waals surface area (Å²) < 4.78 is 0. The molecule has 0 amide bonds. The molecule has 3 heteroatoms. The molecule has 1 aromatic rings. The molecule has 100 valence electrons.